The van der Waals surface area contributed by atoms with Gasteiger partial charge in [-0.25, -0.2) is 4.79 Å². The number of alkyl halides is 3. The maximum atomic E-state index is 12.1. The lowest BCUT2D eigenvalue weighted by Gasteiger charge is -2.25. The van der Waals surface area contributed by atoms with Crippen molar-refractivity contribution < 1.29 is 22.7 Å². The molecule has 0 atom stereocenters. The lowest BCUT2D eigenvalue weighted by Crippen LogP contribution is -2.26. The van der Waals surface area contributed by atoms with Crippen molar-refractivity contribution in [1.82, 2.24) is 4.90 Å². The van der Waals surface area contributed by atoms with E-state index in [1.807, 2.05) is 25.2 Å². The van der Waals surface area contributed by atoms with Crippen LogP contribution in [0.2, 0.25) is 0 Å². The third kappa shape index (κ3) is 4.89. The smallest absolute Gasteiger partial charge is 0.406 e. The van der Waals surface area contributed by atoms with Crippen LogP contribution in [-0.4, -0.2) is 30.9 Å². The van der Waals surface area contributed by atoms with Crippen molar-refractivity contribution in [2.75, 3.05) is 24.2 Å². The number of urea groups is 1. The van der Waals surface area contributed by atoms with E-state index in [4.69, 9.17) is 0 Å². The molecule has 0 saturated carbocycles. The molecule has 3 rings (SSSR count). The van der Waals surface area contributed by atoms with E-state index in [2.05, 4.69) is 20.3 Å². The van der Waals surface area contributed by atoms with Crippen LogP contribution in [0.25, 0.3) is 0 Å². The highest BCUT2D eigenvalue weighted by atomic mass is 19.4. The number of carbonyl (C=O) groups is 1. The van der Waals surface area contributed by atoms with Gasteiger partial charge in [0.25, 0.3) is 0 Å². The minimum Gasteiger partial charge on any atom is -0.406 e. The fourth-order valence-electron chi connectivity index (χ4n) is 2.81. The number of nitrogens with zero attached hydrogens (tertiary/aromatic N) is 1. The first-order valence-electron chi connectivity index (χ1n) is 8.03. The van der Waals surface area contributed by atoms with E-state index < -0.39 is 12.4 Å². The Hall–Kier alpha value is -2.74. The van der Waals surface area contributed by atoms with Gasteiger partial charge in [-0.05, 0) is 61.0 Å². The van der Waals surface area contributed by atoms with Gasteiger partial charge in [0, 0.05) is 24.5 Å². The predicted molar refractivity (Wildman–Crippen MR) is 92.2 cm³/mol. The summed E-state index contributed by atoms with van der Waals surface area (Å²) in [6.45, 7) is 1.83. The molecule has 0 fully saturated rings. The summed E-state index contributed by atoms with van der Waals surface area (Å²) in [6.07, 6.45) is -3.77. The van der Waals surface area contributed by atoms with Crippen LogP contribution in [0.1, 0.15) is 11.1 Å². The van der Waals surface area contributed by atoms with Gasteiger partial charge in [-0.1, -0.05) is 6.07 Å². The fraction of sp³-hybridized carbons (Fsp3) is 0.278. The Balaban J connectivity index is 1.60. The van der Waals surface area contributed by atoms with Gasteiger partial charge >= 0.3 is 12.4 Å². The third-order valence-electron chi connectivity index (χ3n) is 4.01. The summed E-state index contributed by atoms with van der Waals surface area (Å²) in [4.78, 5) is 14.3. The molecule has 1 aliphatic rings. The largest absolute Gasteiger partial charge is 0.573 e. The number of benzene rings is 2. The number of rotatable bonds is 3. The first-order chi connectivity index (χ1) is 12.3. The van der Waals surface area contributed by atoms with E-state index in [1.54, 1.807) is 0 Å². The second-order valence-electron chi connectivity index (χ2n) is 6.12. The quantitative estimate of drug-likeness (QED) is 0.856. The Morgan fingerprint density at radius 1 is 1.04 bits per heavy atom. The van der Waals surface area contributed by atoms with Crippen LogP contribution < -0.4 is 15.4 Å². The van der Waals surface area contributed by atoms with Gasteiger partial charge in [-0.15, -0.1) is 13.2 Å². The van der Waals surface area contributed by atoms with E-state index in [1.165, 1.54) is 23.3 Å². The first-order valence-corrected chi connectivity index (χ1v) is 8.03. The Morgan fingerprint density at radius 3 is 2.38 bits per heavy atom. The zero-order valence-electron chi connectivity index (χ0n) is 14.1. The molecule has 0 radical (unpaired) electrons. The molecule has 26 heavy (non-hydrogen) atoms. The summed E-state index contributed by atoms with van der Waals surface area (Å²) in [5, 5.41) is 5.30. The summed E-state index contributed by atoms with van der Waals surface area (Å²) < 4.78 is 40.2. The molecule has 138 valence electrons. The molecule has 8 heteroatoms. The summed E-state index contributed by atoms with van der Waals surface area (Å²) >= 11 is 0. The zero-order valence-corrected chi connectivity index (χ0v) is 14.1. The Bertz CT molecular complexity index is 791. The van der Waals surface area contributed by atoms with E-state index in [9.17, 15) is 18.0 Å². The van der Waals surface area contributed by atoms with Crippen LogP contribution in [0.5, 0.6) is 5.75 Å². The number of hydrogen-bond acceptors (Lipinski definition) is 3. The second kappa shape index (κ2) is 7.25. The first kappa shape index (κ1) is 18.1. The van der Waals surface area contributed by atoms with Gasteiger partial charge in [0.15, 0.2) is 0 Å². The van der Waals surface area contributed by atoms with Crippen molar-refractivity contribution in [3.63, 3.8) is 0 Å². The molecule has 2 aromatic carbocycles. The summed E-state index contributed by atoms with van der Waals surface area (Å²) in [7, 11) is 2.04. The summed E-state index contributed by atoms with van der Waals surface area (Å²) in [6, 6.07) is 10.2. The van der Waals surface area contributed by atoms with Crippen LogP contribution in [-0.2, 0) is 13.0 Å². The van der Waals surface area contributed by atoms with Crippen molar-refractivity contribution in [1.29, 1.82) is 0 Å². The molecular weight excluding hydrogens is 347 g/mol. The topological polar surface area (TPSA) is 53.6 Å². The normalized spacial score (nSPS) is 14.5. The number of fused-ring (bicyclic) bond motifs is 1. The van der Waals surface area contributed by atoms with Gasteiger partial charge in [-0.3, -0.25) is 0 Å². The molecule has 0 aromatic heterocycles. The minimum absolute atomic E-state index is 0.345. The molecule has 0 bridgehead atoms. The summed E-state index contributed by atoms with van der Waals surface area (Å²) in [5.41, 5.74) is 3.46. The molecule has 2 aromatic rings. The molecule has 0 unspecified atom stereocenters. The Kier molecular flexibility index (Phi) is 5.03. The highest BCUT2D eigenvalue weighted by molar-refractivity contribution is 5.99. The van der Waals surface area contributed by atoms with Crippen LogP contribution in [0, 0.1) is 0 Å². The number of anilines is 2. The zero-order chi connectivity index (χ0) is 18.7. The molecule has 0 aliphatic carbocycles. The monoisotopic (exact) mass is 365 g/mol. The van der Waals surface area contributed by atoms with Gasteiger partial charge in [0.2, 0.25) is 0 Å². The average Bonchev–Trinajstić information content (AvgIpc) is 2.55. The van der Waals surface area contributed by atoms with Crippen molar-refractivity contribution in [2.24, 2.45) is 0 Å². The van der Waals surface area contributed by atoms with E-state index in [0.29, 0.717) is 11.4 Å². The maximum Gasteiger partial charge on any atom is 0.573 e. The molecule has 2 N–H and O–H groups in total. The Labute approximate surface area is 148 Å². The summed E-state index contributed by atoms with van der Waals surface area (Å²) in [5.74, 6) is -0.345. The van der Waals surface area contributed by atoms with E-state index >= 15 is 0 Å². The number of amides is 2. The van der Waals surface area contributed by atoms with E-state index in [-0.39, 0.29) is 5.75 Å². The van der Waals surface area contributed by atoms with Crippen LogP contribution in [0.15, 0.2) is 42.5 Å². The van der Waals surface area contributed by atoms with Crippen molar-refractivity contribution in [3.05, 3.63) is 53.6 Å². The Morgan fingerprint density at radius 2 is 1.69 bits per heavy atom. The lowest BCUT2D eigenvalue weighted by atomic mass is 9.99. The lowest BCUT2D eigenvalue weighted by molar-refractivity contribution is -0.274. The molecule has 1 aliphatic heterocycles. The average molecular weight is 365 g/mol. The van der Waals surface area contributed by atoms with Crippen LogP contribution in [0.4, 0.5) is 29.3 Å². The van der Waals surface area contributed by atoms with Crippen molar-refractivity contribution >= 4 is 17.4 Å². The molecule has 2 amide bonds. The highest BCUT2D eigenvalue weighted by Gasteiger charge is 2.30. The molecule has 0 saturated heterocycles. The maximum absolute atomic E-state index is 12.1. The molecule has 1 heterocycles. The number of ether oxygens (including phenoxy) is 1. The highest BCUT2D eigenvalue weighted by Crippen LogP contribution is 2.24. The van der Waals surface area contributed by atoms with Crippen molar-refractivity contribution in [3.8, 4) is 5.75 Å². The van der Waals surface area contributed by atoms with Crippen LogP contribution in [0.3, 0.4) is 0 Å². The number of hydrogen-bond donors (Lipinski definition) is 2. The molecular formula is C18H18F3N3O2. The van der Waals surface area contributed by atoms with Gasteiger partial charge in [0.1, 0.15) is 5.75 Å². The number of nitrogens with one attached hydrogen (secondary N) is 2. The number of halogens is 3. The standard InChI is InChI=1S/C18H18F3N3O2/c1-24-9-8-12-2-3-15(10-13(12)11-24)23-17(25)22-14-4-6-16(7-5-14)26-18(19,20)21/h2-7,10H,8-9,11H2,1H3,(H2,22,23,25). The van der Waals surface area contributed by atoms with Gasteiger partial charge < -0.3 is 20.3 Å². The minimum atomic E-state index is -4.74. The molecule has 5 nitrogen and oxygen atoms in total. The number of likely N-dealkylation sites (N-methyl/N-ethyl adjacent to an activating group) is 1. The third-order valence-corrected chi connectivity index (χ3v) is 4.01. The van der Waals surface area contributed by atoms with Gasteiger partial charge in [-0.2, -0.15) is 0 Å². The van der Waals surface area contributed by atoms with Crippen LogP contribution >= 0.6 is 0 Å². The van der Waals surface area contributed by atoms with Gasteiger partial charge in [0.05, 0.1) is 0 Å². The predicted octanol–water partition coefficient (Wildman–Crippen LogP) is 4.22. The SMILES string of the molecule is CN1CCc2ccc(NC(=O)Nc3ccc(OC(F)(F)F)cc3)cc2C1. The fourth-order valence-corrected chi connectivity index (χ4v) is 2.81. The van der Waals surface area contributed by atoms with Crippen molar-refractivity contribution in [2.45, 2.75) is 19.3 Å². The molecule has 0 spiro atoms. The second-order valence-corrected chi connectivity index (χ2v) is 6.12. The number of carbonyl (C=O) groups excluding carboxylic acids is 1. The van der Waals surface area contributed by atoms with E-state index in [0.717, 1.165) is 31.6 Å².